The van der Waals surface area contributed by atoms with Crippen molar-refractivity contribution in [3.8, 4) is 28.5 Å². The van der Waals surface area contributed by atoms with Crippen LogP contribution < -0.4 is 4.74 Å². The molecule has 0 aliphatic rings. The Labute approximate surface area is 138 Å². The second-order valence-electron chi connectivity index (χ2n) is 6.47. The van der Waals surface area contributed by atoms with Crippen molar-refractivity contribution in [3.05, 3.63) is 54.4 Å². The molecule has 2 aromatic heterocycles. The van der Waals surface area contributed by atoms with Gasteiger partial charge in [-0.15, -0.1) is 5.54 Å². The van der Waals surface area contributed by atoms with E-state index in [0.29, 0.717) is 0 Å². The van der Waals surface area contributed by atoms with Crippen LogP contribution >= 0.6 is 0 Å². The summed E-state index contributed by atoms with van der Waals surface area (Å²) < 4.78 is 7.30. The molecule has 0 radical (unpaired) electrons. The molecular formula is C19H20N2OSi. The molecule has 0 fully saturated rings. The van der Waals surface area contributed by atoms with Crippen molar-refractivity contribution in [2.24, 2.45) is 0 Å². The van der Waals surface area contributed by atoms with Crippen LogP contribution in [-0.2, 0) is 0 Å². The van der Waals surface area contributed by atoms with Gasteiger partial charge in [0.1, 0.15) is 30.9 Å². The Kier molecular flexibility index (Phi) is 3.97. The summed E-state index contributed by atoms with van der Waals surface area (Å²) in [4.78, 5) is 4.77. The van der Waals surface area contributed by atoms with Gasteiger partial charge in [-0.2, -0.15) is 0 Å². The van der Waals surface area contributed by atoms with E-state index in [0.717, 1.165) is 28.3 Å². The SMILES string of the molecule is COc1ccc(-c2nc3ccccn3c2C#C[Si](C)(C)C)cc1. The first-order valence-electron chi connectivity index (χ1n) is 7.63. The summed E-state index contributed by atoms with van der Waals surface area (Å²) in [5.74, 6) is 4.22. The van der Waals surface area contributed by atoms with Gasteiger partial charge in [-0.05, 0) is 36.4 Å². The van der Waals surface area contributed by atoms with Gasteiger partial charge in [-0.25, -0.2) is 4.98 Å². The van der Waals surface area contributed by atoms with Crippen molar-refractivity contribution >= 4 is 13.7 Å². The number of pyridine rings is 1. The van der Waals surface area contributed by atoms with Gasteiger partial charge in [0, 0.05) is 11.8 Å². The Morgan fingerprint density at radius 1 is 1.04 bits per heavy atom. The molecule has 23 heavy (non-hydrogen) atoms. The average Bonchev–Trinajstić information content (AvgIpc) is 2.91. The zero-order chi connectivity index (χ0) is 16.4. The number of methoxy groups -OCH3 is 1. The lowest BCUT2D eigenvalue weighted by atomic mass is 10.1. The van der Waals surface area contributed by atoms with Crippen molar-refractivity contribution in [2.75, 3.05) is 7.11 Å². The quantitative estimate of drug-likeness (QED) is 0.521. The lowest BCUT2D eigenvalue weighted by Crippen LogP contribution is -2.16. The minimum absolute atomic E-state index is 0.840. The van der Waals surface area contributed by atoms with Crippen LogP contribution in [0.15, 0.2) is 48.7 Å². The van der Waals surface area contributed by atoms with Gasteiger partial charge in [0.2, 0.25) is 0 Å². The molecule has 0 aliphatic carbocycles. The molecular weight excluding hydrogens is 300 g/mol. The molecule has 116 valence electrons. The summed E-state index contributed by atoms with van der Waals surface area (Å²) >= 11 is 0. The van der Waals surface area contributed by atoms with Crippen molar-refractivity contribution < 1.29 is 4.74 Å². The van der Waals surface area contributed by atoms with Crippen LogP contribution in [0.5, 0.6) is 5.75 Å². The second-order valence-corrected chi connectivity index (χ2v) is 11.2. The fourth-order valence-corrected chi connectivity index (χ4v) is 2.81. The zero-order valence-corrected chi connectivity index (χ0v) is 14.9. The van der Waals surface area contributed by atoms with Crippen molar-refractivity contribution in [1.29, 1.82) is 0 Å². The summed E-state index contributed by atoms with van der Waals surface area (Å²) in [6, 6.07) is 14.0. The van der Waals surface area contributed by atoms with E-state index in [-0.39, 0.29) is 0 Å². The van der Waals surface area contributed by atoms with E-state index in [4.69, 9.17) is 9.72 Å². The molecule has 0 bridgehead atoms. The van der Waals surface area contributed by atoms with Gasteiger partial charge in [-0.3, -0.25) is 4.40 Å². The van der Waals surface area contributed by atoms with Crippen molar-refractivity contribution in [3.63, 3.8) is 0 Å². The monoisotopic (exact) mass is 320 g/mol. The summed E-state index contributed by atoms with van der Waals surface area (Å²) in [6.45, 7) is 6.74. The number of aromatic nitrogens is 2. The molecule has 0 atom stereocenters. The van der Waals surface area contributed by atoms with Gasteiger partial charge in [-0.1, -0.05) is 31.6 Å². The number of ether oxygens (including phenoxy) is 1. The standard InChI is InChI=1S/C19H20N2OSi/c1-22-16-10-8-15(9-11-16)19-17(12-14-23(2,3)4)21-13-6-5-7-18(21)20-19/h5-11,13H,1-4H3. The maximum Gasteiger partial charge on any atom is 0.138 e. The number of benzene rings is 1. The van der Waals surface area contributed by atoms with E-state index < -0.39 is 8.07 Å². The fraction of sp³-hybridized carbons (Fsp3) is 0.211. The highest BCUT2D eigenvalue weighted by molar-refractivity contribution is 6.83. The highest BCUT2D eigenvalue weighted by atomic mass is 28.3. The topological polar surface area (TPSA) is 26.5 Å². The van der Waals surface area contributed by atoms with Crippen LogP contribution in [0.4, 0.5) is 0 Å². The number of fused-ring (bicyclic) bond motifs is 1. The van der Waals surface area contributed by atoms with Gasteiger partial charge in [0.25, 0.3) is 0 Å². The van der Waals surface area contributed by atoms with Crippen molar-refractivity contribution in [1.82, 2.24) is 9.38 Å². The molecule has 0 amide bonds. The van der Waals surface area contributed by atoms with Crippen LogP contribution in [0, 0.1) is 11.5 Å². The lowest BCUT2D eigenvalue weighted by Gasteiger charge is -2.05. The molecule has 3 aromatic rings. The second kappa shape index (κ2) is 5.94. The van der Waals surface area contributed by atoms with E-state index in [2.05, 4.69) is 35.5 Å². The van der Waals surface area contributed by atoms with Crippen LogP contribution in [-0.4, -0.2) is 24.6 Å². The Bertz CT molecular complexity index is 893. The molecule has 4 heteroatoms. The molecule has 0 aliphatic heterocycles. The Morgan fingerprint density at radius 2 is 1.78 bits per heavy atom. The largest absolute Gasteiger partial charge is 0.497 e. The third kappa shape index (κ3) is 3.30. The molecule has 3 nitrogen and oxygen atoms in total. The maximum atomic E-state index is 5.24. The van der Waals surface area contributed by atoms with E-state index >= 15 is 0 Å². The number of hydrogen-bond donors (Lipinski definition) is 0. The molecule has 0 saturated heterocycles. The zero-order valence-electron chi connectivity index (χ0n) is 13.9. The van der Waals surface area contributed by atoms with Gasteiger partial charge >= 0.3 is 0 Å². The van der Waals surface area contributed by atoms with E-state index in [1.807, 2.05) is 48.7 Å². The summed E-state index contributed by atoms with van der Waals surface area (Å²) in [7, 11) is 0.210. The van der Waals surface area contributed by atoms with Crippen LogP contribution in [0.25, 0.3) is 16.9 Å². The molecule has 1 aromatic carbocycles. The van der Waals surface area contributed by atoms with Gasteiger partial charge in [0.15, 0.2) is 0 Å². The Balaban J connectivity index is 2.20. The average molecular weight is 320 g/mol. The Hall–Kier alpha value is -2.51. The normalized spacial score (nSPS) is 11.1. The number of imidazole rings is 1. The molecule has 2 heterocycles. The van der Waals surface area contributed by atoms with E-state index in [1.54, 1.807) is 7.11 Å². The maximum absolute atomic E-state index is 5.24. The highest BCUT2D eigenvalue weighted by Gasteiger charge is 2.14. The number of hydrogen-bond acceptors (Lipinski definition) is 2. The van der Waals surface area contributed by atoms with E-state index in [1.165, 1.54) is 0 Å². The molecule has 0 unspecified atom stereocenters. The molecule has 0 spiro atoms. The first kappa shape index (κ1) is 15.4. The molecule has 3 rings (SSSR count). The lowest BCUT2D eigenvalue weighted by molar-refractivity contribution is 0.415. The first-order chi connectivity index (χ1) is 11.0. The van der Waals surface area contributed by atoms with Crippen molar-refractivity contribution in [2.45, 2.75) is 19.6 Å². The Morgan fingerprint density at radius 3 is 2.43 bits per heavy atom. The molecule has 0 saturated carbocycles. The van der Waals surface area contributed by atoms with Gasteiger partial charge in [0.05, 0.1) is 7.11 Å². The van der Waals surface area contributed by atoms with Crippen LogP contribution in [0.3, 0.4) is 0 Å². The smallest absolute Gasteiger partial charge is 0.138 e. The highest BCUT2D eigenvalue weighted by Crippen LogP contribution is 2.26. The first-order valence-corrected chi connectivity index (χ1v) is 11.1. The summed E-state index contributed by atoms with van der Waals surface area (Å²) in [5, 5.41) is 0. The minimum Gasteiger partial charge on any atom is -0.497 e. The fourth-order valence-electron chi connectivity index (χ4n) is 2.31. The number of rotatable bonds is 2. The third-order valence-electron chi connectivity index (χ3n) is 3.45. The predicted octanol–water partition coefficient (Wildman–Crippen LogP) is 4.24. The minimum atomic E-state index is -1.46. The van der Waals surface area contributed by atoms with Crippen LogP contribution in [0.1, 0.15) is 5.69 Å². The van der Waals surface area contributed by atoms with Gasteiger partial charge < -0.3 is 4.74 Å². The molecule has 0 N–H and O–H groups in total. The van der Waals surface area contributed by atoms with E-state index in [9.17, 15) is 0 Å². The van der Waals surface area contributed by atoms with Crippen LogP contribution in [0.2, 0.25) is 19.6 Å². The summed E-state index contributed by atoms with van der Waals surface area (Å²) in [5.41, 5.74) is 7.29. The summed E-state index contributed by atoms with van der Waals surface area (Å²) in [6.07, 6.45) is 2.02. The predicted molar refractivity (Wildman–Crippen MR) is 97.4 cm³/mol. The number of nitrogens with zero attached hydrogens (tertiary/aromatic N) is 2. The third-order valence-corrected chi connectivity index (χ3v) is 4.32.